The van der Waals surface area contributed by atoms with Gasteiger partial charge in [-0.2, -0.15) is 5.26 Å². The maximum Gasteiger partial charge on any atom is 0.411 e. The van der Waals surface area contributed by atoms with E-state index >= 15 is 0 Å². The van der Waals surface area contributed by atoms with Crippen molar-refractivity contribution in [1.82, 2.24) is 4.90 Å². The number of hydrogen-bond acceptors (Lipinski definition) is 3. The van der Waals surface area contributed by atoms with Crippen molar-refractivity contribution in [2.45, 2.75) is 59.2 Å². The van der Waals surface area contributed by atoms with Gasteiger partial charge >= 0.3 is 6.09 Å². The molecule has 0 bridgehead atoms. The summed E-state index contributed by atoms with van der Waals surface area (Å²) in [6.45, 7) is 10.3. The van der Waals surface area contributed by atoms with E-state index in [0.29, 0.717) is 0 Å². The summed E-state index contributed by atoms with van der Waals surface area (Å²) in [5.41, 5.74) is -1.73. The minimum absolute atomic E-state index is 0.0118. The molecule has 126 valence electrons. The second-order valence-electron chi connectivity index (χ2n) is 7.25. The van der Waals surface area contributed by atoms with Gasteiger partial charge in [0.15, 0.2) is 11.6 Å². The number of amides is 1. The maximum absolute atomic E-state index is 14.1. The highest BCUT2D eigenvalue weighted by molar-refractivity contribution is 5.69. The topological polar surface area (TPSA) is 53.3 Å². The Labute approximate surface area is 135 Å². The molecular formula is C17H22F2N2O2. The van der Waals surface area contributed by atoms with Crippen LogP contribution in [0.3, 0.4) is 0 Å². The van der Waals surface area contributed by atoms with Gasteiger partial charge in [0.05, 0.1) is 12.1 Å². The Morgan fingerprint density at radius 3 is 2.17 bits per heavy atom. The Hall–Kier alpha value is -2.16. The number of carbonyl (C=O) groups excluding carboxylic acids is 1. The van der Waals surface area contributed by atoms with Crippen LogP contribution in [0.25, 0.3) is 0 Å². The third-order valence-electron chi connectivity index (χ3n) is 3.03. The van der Waals surface area contributed by atoms with Crippen LogP contribution in [0.1, 0.15) is 52.7 Å². The van der Waals surface area contributed by atoms with E-state index in [2.05, 4.69) is 0 Å². The van der Waals surface area contributed by atoms with Crippen LogP contribution in [0.2, 0.25) is 0 Å². The van der Waals surface area contributed by atoms with Gasteiger partial charge < -0.3 is 4.74 Å². The first-order valence-corrected chi connectivity index (χ1v) is 7.24. The van der Waals surface area contributed by atoms with Gasteiger partial charge in [0.1, 0.15) is 11.7 Å². The highest BCUT2D eigenvalue weighted by atomic mass is 19.2. The van der Waals surface area contributed by atoms with Crippen LogP contribution in [0.5, 0.6) is 0 Å². The van der Waals surface area contributed by atoms with Crippen molar-refractivity contribution in [2.75, 3.05) is 0 Å². The van der Waals surface area contributed by atoms with Crippen molar-refractivity contribution in [1.29, 1.82) is 5.26 Å². The first kappa shape index (κ1) is 18.9. The summed E-state index contributed by atoms with van der Waals surface area (Å²) in [6, 6.07) is 4.08. The molecule has 0 spiro atoms. The van der Waals surface area contributed by atoms with E-state index in [1.807, 2.05) is 0 Å². The molecule has 0 aromatic heterocycles. The molecule has 0 fully saturated rings. The number of hydrogen-bond donors (Lipinski definition) is 0. The Bertz CT molecular complexity index is 638. The third-order valence-corrected chi connectivity index (χ3v) is 3.03. The molecule has 0 saturated heterocycles. The van der Waals surface area contributed by atoms with Crippen LogP contribution in [0.4, 0.5) is 13.6 Å². The molecule has 0 unspecified atom stereocenters. The summed E-state index contributed by atoms with van der Waals surface area (Å²) < 4.78 is 33.2. The van der Waals surface area contributed by atoms with Crippen LogP contribution in [-0.2, 0) is 11.3 Å². The number of carbonyl (C=O) groups is 1. The van der Waals surface area contributed by atoms with Crippen LogP contribution < -0.4 is 0 Å². The molecule has 23 heavy (non-hydrogen) atoms. The molecule has 4 nitrogen and oxygen atoms in total. The quantitative estimate of drug-likeness (QED) is 0.811. The van der Waals surface area contributed by atoms with E-state index in [4.69, 9.17) is 10.00 Å². The molecule has 0 aliphatic rings. The van der Waals surface area contributed by atoms with E-state index in [1.165, 1.54) is 17.0 Å². The van der Waals surface area contributed by atoms with Crippen molar-refractivity contribution in [3.63, 3.8) is 0 Å². The monoisotopic (exact) mass is 324 g/mol. The molecule has 0 N–H and O–H groups in total. The van der Waals surface area contributed by atoms with Crippen LogP contribution in [0.15, 0.2) is 12.1 Å². The molecule has 1 amide bonds. The molecule has 0 saturated carbocycles. The predicted octanol–water partition coefficient (Wildman–Crippen LogP) is 4.37. The van der Waals surface area contributed by atoms with E-state index in [9.17, 15) is 13.6 Å². The van der Waals surface area contributed by atoms with Gasteiger partial charge in [0.25, 0.3) is 0 Å². The van der Waals surface area contributed by atoms with Gasteiger partial charge in [-0.1, -0.05) is 6.07 Å². The smallest absolute Gasteiger partial charge is 0.411 e. The van der Waals surface area contributed by atoms with Crippen molar-refractivity contribution in [3.05, 3.63) is 34.9 Å². The number of nitrogens with zero attached hydrogens (tertiary/aromatic N) is 2. The summed E-state index contributed by atoms with van der Waals surface area (Å²) in [6.07, 6.45) is -0.617. The minimum atomic E-state index is -1.21. The van der Waals surface area contributed by atoms with Crippen molar-refractivity contribution >= 4 is 6.09 Å². The molecule has 1 aromatic rings. The lowest BCUT2D eigenvalue weighted by molar-refractivity contribution is 0.00342. The number of benzene rings is 1. The fourth-order valence-electron chi connectivity index (χ4n) is 1.86. The minimum Gasteiger partial charge on any atom is -0.444 e. The van der Waals surface area contributed by atoms with E-state index in [1.54, 1.807) is 47.6 Å². The predicted molar refractivity (Wildman–Crippen MR) is 82.6 cm³/mol. The first-order chi connectivity index (χ1) is 10.4. The highest BCUT2D eigenvalue weighted by Gasteiger charge is 2.31. The fraction of sp³-hybridized carbons (Fsp3) is 0.529. The summed E-state index contributed by atoms with van der Waals surface area (Å²) in [4.78, 5) is 13.7. The molecule has 0 radical (unpaired) electrons. The van der Waals surface area contributed by atoms with Gasteiger partial charge in [0, 0.05) is 11.1 Å². The number of nitriles is 1. The molecule has 6 heteroatoms. The van der Waals surface area contributed by atoms with Gasteiger partial charge in [-0.15, -0.1) is 0 Å². The third kappa shape index (κ3) is 4.92. The van der Waals surface area contributed by atoms with Gasteiger partial charge in [0.2, 0.25) is 0 Å². The van der Waals surface area contributed by atoms with Crippen LogP contribution in [0, 0.1) is 23.0 Å². The molecule has 0 atom stereocenters. The van der Waals surface area contributed by atoms with E-state index in [-0.39, 0.29) is 17.7 Å². The summed E-state index contributed by atoms with van der Waals surface area (Å²) in [7, 11) is 0. The zero-order valence-electron chi connectivity index (χ0n) is 14.3. The summed E-state index contributed by atoms with van der Waals surface area (Å²) >= 11 is 0. The van der Waals surface area contributed by atoms with Crippen LogP contribution in [-0.4, -0.2) is 22.1 Å². The summed E-state index contributed by atoms with van der Waals surface area (Å²) in [5, 5.41) is 8.72. The lowest BCUT2D eigenvalue weighted by Gasteiger charge is -2.37. The van der Waals surface area contributed by atoms with Crippen molar-refractivity contribution in [2.24, 2.45) is 0 Å². The average molecular weight is 324 g/mol. The molecule has 0 aliphatic heterocycles. The molecular weight excluding hydrogens is 302 g/mol. The number of ether oxygens (including phenoxy) is 1. The zero-order valence-corrected chi connectivity index (χ0v) is 14.3. The number of halogens is 2. The maximum atomic E-state index is 14.1. The Kier molecular flexibility index (Phi) is 5.36. The second-order valence-corrected chi connectivity index (χ2v) is 7.25. The molecule has 0 aliphatic carbocycles. The first-order valence-electron chi connectivity index (χ1n) is 7.24. The Balaban J connectivity index is 3.16. The van der Waals surface area contributed by atoms with Crippen LogP contribution >= 0.6 is 0 Å². The van der Waals surface area contributed by atoms with Crippen molar-refractivity contribution in [3.8, 4) is 6.07 Å². The standard InChI is InChI=1S/C17H22F2N2O2/c1-16(2,3)21(15(22)23-17(4,5)6)10-12-8-7-11(9-20)13(18)14(12)19/h7-8H,10H2,1-6H3. The zero-order chi connectivity index (χ0) is 18.0. The lowest BCUT2D eigenvalue weighted by atomic mass is 10.0. The summed E-state index contributed by atoms with van der Waals surface area (Å²) in [5.74, 6) is -2.33. The van der Waals surface area contributed by atoms with E-state index in [0.717, 1.165) is 0 Å². The SMILES string of the molecule is CC(C)(C)OC(=O)N(Cc1ccc(C#N)c(F)c1F)C(C)(C)C. The molecule has 1 rings (SSSR count). The van der Waals surface area contributed by atoms with Crippen molar-refractivity contribution < 1.29 is 18.3 Å². The van der Waals surface area contributed by atoms with E-state index < -0.39 is 28.9 Å². The lowest BCUT2D eigenvalue weighted by Crippen LogP contribution is -2.47. The van der Waals surface area contributed by atoms with Gasteiger partial charge in [-0.3, -0.25) is 4.90 Å². The van der Waals surface area contributed by atoms with Gasteiger partial charge in [-0.05, 0) is 47.6 Å². The van der Waals surface area contributed by atoms with Gasteiger partial charge in [-0.25, -0.2) is 13.6 Å². The number of rotatable bonds is 2. The largest absolute Gasteiger partial charge is 0.444 e. The highest BCUT2D eigenvalue weighted by Crippen LogP contribution is 2.24. The fourth-order valence-corrected chi connectivity index (χ4v) is 1.86. The Morgan fingerprint density at radius 2 is 1.74 bits per heavy atom. The average Bonchev–Trinajstić information content (AvgIpc) is 2.36. The molecule has 1 aromatic carbocycles. The molecule has 0 heterocycles. The second kappa shape index (κ2) is 6.53. The normalized spacial score (nSPS) is 11.8. The Morgan fingerprint density at radius 1 is 1.17 bits per heavy atom.